The summed E-state index contributed by atoms with van der Waals surface area (Å²) in [5.74, 6) is 0. The third-order valence-electron chi connectivity index (χ3n) is 2.89. The first-order valence-corrected chi connectivity index (χ1v) is 7.23. The van der Waals surface area contributed by atoms with Crippen molar-refractivity contribution < 1.29 is 4.57 Å². The Morgan fingerprint density at radius 3 is 2.30 bits per heavy atom. The Kier molecular flexibility index (Phi) is 12.0. The van der Waals surface area contributed by atoms with Gasteiger partial charge in [0.2, 0.25) is 0 Å². The van der Waals surface area contributed by atoms with E-state index in [0.717, 1.165) is 0 Å². The molecule has 0 aromatic carbocycles. The van der Waals surface area contributed by atoms with Crippen LogP contribution in [0.3, 0.4) is 0 Å². The molecule has 0 bridgehead atoms. The summed E-state index contributed by atoms with van der Waals surface area (Å²) >= 11 is 0. The van der Waals surface area contributed by atoms with Crippen LogP contribution in [-0.4, -0.2) is 0 Å². The van der Waals surface area contributed by atoms with Crippen LogP contribution in [0.5, 0.6) is 0 Å². The van der Waals surface area contributed by atoms with Gasteiger partial charge in [-0.1, -0.05) is 32.6 Å². The molecule has 1 aromatic heterocycles. The molecule has 1 N–H and O–H groups in total. The van der Waals surface area contributed by atoms with Crippen molar-refractivity contribution in [2.45, 2.75) is 58.9 Å². The molecular formula is C16H25N4+. The molecule has 108 valence electrons. The largest absolute Gasteiger partial charge is 0.229 e. The van der Waals surface area contributed by atoms with E-state index in [1.54, 1.807) is 5.32 Å². The minimum Gasteiger partial charge on any atom is -0.229 e. The molecule has 1 rings (SSSR count). The highest BCUT2D eigenvalue weighted by Gasteiger charge is 1.99. The molecule has 0 saturated heterocycles. The van der Waals surface area contributed by atoms with Gasteiger partial charge in [-0.15, -0.1) is 0 Å². The fourth-order valence-corrected chi connectivity index (χ4v) is 1.89. The van der Waals surface area contributed by atoms with E-state index in [0.29, 0.717) is 0 Å². The lowest BCUT2D eigenvalue weighted by atomic mass is 10.1. The zero-order chi connectivity index (χ0) is 15.1. The number of pyridine rings is 1. The van der Waals surface area contributed by atoms with Crippen LogP contribution in [0.4, 0.5) is 0 Å². The smallest absolute Gasteiger partial charge is 0.190 e. The van der Waals surface area contributed by atoms with Crippen molar-refractivity contribution in [1.82, 2.24) is 5.32 Å². The van der Waals surface area contributed by atoms with Crippen molar-refractivity contribution in [3.05, 3.63) is 30.1 Å². The molecule has 0 fully saturated rings. The molecule has 0 amide bonds. The quantitative estimate of drug-likeness (QED) is 0.359. The highest BCUT2D eigenvalue weighted by molar-refractivity contribution is 5.01. The molecule has 4 heteroatoms. The van der Waals surface area contributed by atoms with E-state index in [9.17, 15) is 0 Å². The summed E-state index contributed by atoms with van der Waals surface area (Å²) in [5.41, 5.74) is 1.35. The van der Waals surface area contributed by atoms with Crippen LogP contribution < -0.4 is 9.88 Å². The first-order valence-electron chi connectivity index (χ1n) is 7.23. The lowest BCUT2D eigenvalue weighted by Gasteiger charge is -1.99. The molecule has 4 nitrogen and oxygen atoms in total. The number of rotatable bonds is 7. The van der Waals surface area contributed by atoms with Crippen molar-refractivity contribution in [2.24, 2.45) is 0 Å². The van der Waals surface area contributed by atoms with Gasteiger partial charge in [-0.2, -0.15) is 10.5 Å². The fraction of sp³-hybridized carbons (Fsp3) is 0.562. The lowest BCUT2D eigenvalue weighted by Crippen LogP contribution is -2.32. The third kappa shape index (κ3) is 11.0. The highest BCUT2D eigenvalue weighted by atomic mass is 14.9. The molecule has 0 atom stereocenters. The molecule has 0 aliphatic rings. The average Bonchev–Trinajstić information content (AvgIpc) is 2.44. The maximum Gasteiger partial charge on any atom is 0.190 e. The fourth-order valence-electron chi connectivity index (χ4n) is 1.89. The topological polar surface area (TPSA) is 63.5 Å². The second-order valence-corrected chi connectivity index (χ2v) is 4.74. The van der Waals surface area contributed by atoms with Crippen LogP contribution in [0.15, 0.2) is 24.5 Å². The van der Waals surface area contributed by atoms with Crippen molar-refractivity contribution >= 4 is 0 Å². The molecule has 0 aliphatic heterocycles. The summed E-state index contributed by atoms with van der Waals surface area (Å²) in [6.45, 7) is 5.59. The Morgan fingerprint density at radius 2 is 1.75 bits per heavy atom. The Morgan fingerprint density at radius 1 is 1.10 bits per heavy atom. The van der Waals surface area contributed by atoms with Gasteiger partial charge in [0.1, 0.15) is 6.54 Å². The van der Waals surface area contributed by atoms with Crippen LogP contribution in [0, 0.1) is 29.8 Å². The summed E-state index contributed by atoms with van der Waals surface area (Å²) in [6.07, 6.45) is 15.5. The van der Waals surface area contributed by atoms with Gasteiger partial charge >= 0.3 is 0 Å². The third-order valence-corrected chi connectivity index (χ3v) is 2.89. The van der Waals surface area contributed by atoms with Gasteiger partial charge in [0, 0.05) is 18.1 Å². The predicted octanol–water partition coefficient (Wildman–Crippen LogP) is 3.18. The monoisotopic (exact) mass is 273 g/mol. The number of aryl methyl sites for hydroxylation is 2. The molecule has 0 spiro atoms. The van der Waals surface area contributed by atoms with Crippen molar-refractivity contribution in [2.75, 3.05) is 0 Å². The first-order chi connectivity index (χ1) is 9.74. The van der Waals surface area contributed by atoms with Gasteiger partial charge < -0.3 is 0 Å². The number of nitrogens with one attached hydrogen (secondary N) is 1. The van der Waals surface area contributed by atoms with E-state index >= 15 is 0 Å². The SMILES string of the molecule is CCCCCCCC[n+]1cccc(C)c1.N#CNC#N. The maximum absolute atomic E-state index is 7.48. The Balaban J connectivity index is 0.000000621. The minimum atomic E-state index is 1.17. The van der Waals surface area contributed by atoms with Gasteiger partial charge in [0.15, 0.2) is 24.8 Å². The van der Waals surface area contributed by atoms with E-state index < -0.39 is 0 Å². The van der Waals surface area contributed by atoms with Crippen LogP contribution in [-0.2, 0) is 6.54 Å². The molecule has 0 radical (unpaired) electrons. The normalized spacial score (nSPS) is 8.80. The zero-order valence-corrected chi connectivity index (χ0v) is 12.6. The summed E-state index contributed by atoms with van der Waals surface area (Å²) in [6, 6.07) is 4.28. The number of nitrogens with zero attached hydrogens (tertiary/aromatic N) is 3. The minimum absolute atomic E-state index is 1.17. The second-order valence-electron chi connectivity index (χ2n) is 4.74. The summed E-state index contributed by atoms with van der Waals surface area (Å²) in [4.78, 5) is 0. The Hall–Kier alpha value is -2.07. The molecular weight excluding hydrogens is 248 g/mol. The van der Waals surface area contributed by atoms with Gasteiger partial charge in [-0.25, -0.2) is 9.88 Å². The van der Waals surface area contributed by atoms with E-state index in [2.05, 4.69) is 42.9 Å². The van der Waals surface area contributed by atoms with Crippen LogP contribution >= 0.6 is 0 Å². The van der Waals surface area contributed by atoms with E-state index in [4.69, 9.17) is 10.5 Å². The molecule has 0 aliphatic carbocycles. The Labute approximate surface area is 122 Å². The van der Waals surface area contributed by atoms with E-state index in [-0.39, 0.29) is 0 Å². The standard InChI is InChI=1S/C14H24N.C2HN3/c1-3-4-5-6-7-8-11-15-12-9-10-14(2)13-15;3-1-5-2-4/h9-10,12-13H,3-8,11H2,1-2H3;5H/q+1;. The number of aromatic nitrogens is 1. The summed E-state index contributed by atoms with van der Waals surface area (Å²) in [5, 5.41) is 16.7. The number of nitriles is 2. The van der Waals surface area contributed by atoms with E-state index in [1.807, 2.05) is 0 Å². The van der Waals surface area contributed by atoms with E-state index in [1.165, 1.54) is 63.0 Å². The molecule has 20 heavy (non-hydrogen) atoms. The summed E-state index contributed by atoms with van der Waals surface area (Å²) < 4.78 is 2.30. The average molecular weight is 273 g/mol. The molecule has 0 unspecified atom stereocenters. The Bertz CT molecular complexity index is 417. The predicted molar refractivity (Wildman–Crippen MR) is 79.1 cm³/mol. The second kappa shape index (κ2) is 13.4. The van der Waals surface area contributed by atoms with Crippen molar-refractivity contribution in [3.63, 3.8) is 0 Å². The highest BCUT2D eigenvalue weighted by Crippen LogP contribution is 2.04. The van der Waals surface area contributed by atoms with Crippen LogP contribution in [0.2, 0.25) is 0 Å². The van der Waals surface area contributed by atoms with Gasteiger partial charge in [-0.05, 0) is 19.4 Å². The first kappa shape index (κ1) is 17.9. The number of hydrogen-bond donors (Lipinski definition) is 1. The molecule has 0 saturated carbocycles. The lowest BCUT2D eigenvalue weighted by molar-refractivity contribution is -0.697. The number of hydrogen-bond acceptors (Lipinski definition) is 3. The summed E-state index contributed by atoms with van der Waals surface area (Å²) in [7, 11) is 0. The number of unbranched alkanes of at least 4 members (excludes halogenated alkanes) is 5. The van der Waals surface area contributed by atoms with Gasteiger partial charge in [0.25, 0.3) is 0 Å². The molecule has 1 heterocycles. The van der Waals surface area contributed by atoms with Crippen molar-refractivity contribution in [3.8, 4) is 12.4 Å². The van der Waals surface area contributed by atoms with Crippen LogP contribution in [0.1, 0.15) is 51.0 Å². The maximum atomic E-state index is 7.48. The van der Waals surface area contributed by atoms with Crippen molar-refractivity contribution in [1.29, 1.82) is 10.5 Å². The van der Waals surface area contributed by atoms with Gasteiger partial charge in [-0.3, -0.25) is 0 Å². The zero-order valence-electron chi connectivity index (χ0n) is 12.6. The van der Waals surface area contributed by atoms with Gasteiger partial charge in [0.05, 0.1) is 0 Å². The van der Waals surface area contributed by atoms with Crippen LogP contribution in [0.25, 0.3) is 0 Å². The molecule has 1 aromatic rings.